The van der Waals surface area contributed by atoms with Crippen molar-refractivity contribution in [2.75, 3.05) is 6.61 Å². The van der Waals surface area contributed by atoms with Gasteiger partial charge in [-0.2, -0.15) is 0 Å². The summed E-state index contributed by atoms with van der Waals surface area (Å²) in [5.74, 6) is 3.08. The van der Waals surface area contributed by atoms with Gasteiger partial charge in [-0.1, -0.05) is 19.6 Å². The number of aliphatic hydroxyl groups excluding tert-OH is 2. The smallest absolute Gasteiger partial charge is 0.129 e. The first-order valence-electron chi connectivity index (χ1n) is 4.74. The quantitative estimate of drug-likeness (QED) is 0.532. The minimum atomic E-state index is -1.24. The van der Waals surface area contributed by atoms with E-state index in [0.29, 0.717) is 12.8 Å². The van der Waals surface area contributed by atoms with E-state index in [9.17, 15) is 5.11 Å². The predicted molar refractivity (Wildman–Crippen MR) is 58.1 cm³/mol. The van der Waals surface area contributed by atoms with Gasteiger partial charge in [0, 0.05) is 13.0 Å². The zero-order valence-electron chi connectivity index (χ0n) is 8.80. The van der Waals surface area contributed by atoms with E-state index in [1.807, 2.05) is 0 Å². The van der Waals surface area contributed by atoms with Crippen molar-refractivity contribution in [1.82, 2.24) is 0 Å². The molecular weight excluding hydrogens is 180 g/mol. The number of hydrogen-bond donors (Lipinski definition) is 2. The Kier molecular flexibility index (Phi) is 6.05. The molecular formula is C10H20O2Si. The predicted octanol–water partition coefficient (Wildman–Crippen LogP) is 1.39. The third kappa shape index (κ3) is 9.61. The Morgan fingerprint density at radius 3 is 2.31 bits per heavy atom. The standard InChI is InChI=1S/C10H20O2Si/c1-13(2,3)9-5-4-6-10(12)7-8-11/h10-12H,4,6-8H2,1-3H3. The highest BCUT2D eigenvalue weighted by atomic mass is 28.3. The average molecular weight is 200 g/mol. The maximum absolute atomic E-state index is 9.26. The van der Waals surface area contributed by atoms with Crippen molar-refractivity contribution in [3.05, 3.63) is 0 Å². The Hall–Kier alpha value is -0.303. The van der Waals surface area contributed by atoms with Crippen LogP contribution in [0.2, 0.25) is 19.6 Å². The third-order valence-corrected chi connectivity index (χ3v) is 2.46. The third-order valence-electron chi connectivity index (χ3n) is 1.53. The van der Waals surface area contributed by atoms with Crippen LogP contribution in [0.3, 0.4) is 0 Å². The summed E-state index contributed by atoms with van der Waals surface area (Å²) in [6.45, 7) is 6.65. The van der Waals surface area contributed by atoms with Crippen LogP contribution >= 0.6 is 0 Å². The Bertz CT molecular complexity index is 185. The zero-order chi connectivity index (χ0) is 10.3. The van der Waals surface area contributed by atoms with Gasteiger partial charge in [0.2, 0.25) is 0 Å². The van der Waals surface area contributed by atoms with Gasteiger partial charge in [0.05, 0.1) is 6.10 Å². The van der Waals surface area contributed by atoms with Crippen molar-refractivity contribution in [3.63, 3.8) is 0 Å². The Morgan fingerprint density at radius 2 is 1.85 bits per heavy atom. The van der Waals surface area contributed by atoms with Gasteiger partial charge in [0.15, 0.2) is 0 Å². The molecule has 0 radical (unpaired) electrons. The van der Waals surface area contributed by atoms with Crippen LogP contribution in [-0.2, 0) is 0 Å². The van der Waals surface area contributed by atoms with Crippen molar-refractivity contribution in [3.8, 4) is 11.5 Å². The molecule has 1 atom stereocenters. The first-order valence-corrected chi connectivity index (χ1v) is 8.24. The van der Waals surface area contributed by atoms with E-state index in [1.165, 1.54) is 0 Å². The van der Waals surface area contributed by atoms with Crippen molar-refractivity contribution < 1.29 is 10.2 Å². The molecule has 0 aromatic heterocycles. The first kappa shape index (κ1) is 12.7. The molecule has 1 unspecified atom stereocenters. The van der Waals surface area contributed by atoms with Crippen molar-refractivity contribution in [1.29, 1.82) is 0 Å². The summed E-state index contributed by atoms with van der Waals surface area (Å²) < 4.78 is 0. The van der Waals surface area contributed by atoms with Crippen LogP contribution in [0.25, 0.3) is 0 Å². The van der Waals surface area contributed by atoms with Crippen molar-refractivity contribution >= 4 is 8.07 Å². The van der Waals surface area contributed by atoms with Crippen LogP contribution in [0.1, 0.15) is 19.3 Å². The molecule has 0 heterocycles. The summed E-state index contributed by atoms with van der Waals surface area (Å²) in [5.41, 5.74) is 3.23. The van der Waals surface area contributed by atoms with Gasteiger partial charge in [-0.15, -0.1) is 11.5 Å². The van der Waals surface area contributed by atoms with Gasteiger partial charge < -0.3 is 10.2 Å². The Morgan fingerprint density at radius 1 is 1.23 bits per heavy atom. The summed E-state index contributed by atoms with van der Waals surface area (Å²) in [6.07, 6.45) is 1.50. The molecule has 0 fully saturated rings. The lowest BCUT2D eigenvalue weighted by Gasteiger charge is -2.06. The fourth-order valence-corrected chi connectivity index (χ4v) is 1.52. The molecule has 3 heteroatoms. The van der Waals surface area contributed by atoms with Gasteiger partial charge >= 0.3 is 0 Å². The fraction of sp³-hybridized carbons (Fsp3) is 0.800. The summed E-state index contributed by atoms with van der Waals surface area (Å²) in [7, 11) is -1.24. The first-order chi connectivity index (χ1) is 5.95. The zero-order valence-corrected chi connectivity index (χ0v) is 9.80. The van der Waals surface area contributed by atoms with Gasteiger partial charge in [-0.25, -0.2) is 0 Å². The van der Waals surface area contributed by atoms with Crippen LogP contribution in [0.15, 0.2) is 0 Å². The van der Waals surface area contributed by atoms with Gasteiger partial charge in [-0.3, -0.25) is 0 Å². The van der Waals surface area contributed by atoms with E-state index >= 15 is 0 Å². The van der Waals surface area contributed by atoms with Crippen molar-refractivity contribution in [2.24, 2.45) is 0 Å². The molecule has 0 saturated heterocycles. The molecule has 2 N–H and O–H groups in total. The molecule has 0 amide bonds. The topological polar surface area (TPSA) is 40.5 Å². The second-order valence-electron chi connectivity index (χ2n) is 4.26. The molecule has 2 nitrogen and oxygen atoms in total. The summed E-state index contributed by atoms with van der Waals surface area (Å²) in [6, 6.07) is 0. The van der Waals surface area contributed by atoms with E-state index in [1.54, 1.807) is 0 Å². The van der Waals surface area contributed by atoms with E-state index in [0.717, 1.165) is 6.42 Å². The maximum atomic E-state index is 9.26. The van der Waals surface area contributed by atoms with E-state index in [2.05, 4.69) is 31.1 Å². The minimum Gasteiger partial charge on any atom is -0.396 e. The molecule has 76 valence electrons. The monoisotopic (exact) mass is 200 g/mol. The molecule has 0 spiro atoms. The number of aliphatic hydroxyl groups is 2. The number of hydrogen-bond acceptors (Lipinski definition) is 2. The molecule has 0 aliphatic rings. The van der Waals surface area contributed by atoms with E-state index < -0.39 is 8.07 Å². The highest BCUT2D eigenvalue weighted by Crippen LogP contribution is 2.01. The van der Waals surface area contributed by atoms with Crippen LogP contribution in [0.4, 0.5) is 0 Å². The highest BCUT2D eigenvalue weighted by molar-refractivity contribution is 6.83. The minimum absolute atomic E-state index is 0.0582. The van der Waals surface area contributed by atoms with E-state index in [-0.39, 0.29) is 12.7 Å². The molecule has 0 aromatic rings. The molecule has 0 rings (SSSR count). The molecule has 0 aromatic carbocycles. The maximum Gasteiger partial charge on any atom is 0.129 e. The van der Waals surface area contributed by atoms with Gasteiger partial charge in [0.25, 0.3) is 0 Å². The largest absolute Gasteiger partial charge is 0.396 e. The second-order valence-corrected chi connectivity index (χ2v) is 9.01. The SMILES string of the molecule is C[Si](C)(C)C#CCCC(O)CCO. The van der Waals surface area contributed by atoms with Crippen LogP contribution in [0.5, 0.6) is 0 Å². The normalized spacial score (nSPS) is 13.3. The molecule has 0 bridgehead atoms. The van der Waals surface area contributed by atoms with Gasteiger partial charge in [0.1, 0.15) is 8.07 Å². The Balaban J connectivity index is 3.59. The van der Waals surface area contributed by atoms with E-state index in [4.69, 9.17) is 5.11 Å². The van der Waals surface area contributed by atoms with Gasteiger partial charge in [-0.05, 0) is 12.8 Å². The van der Waals surface area contributed by atoms with Crippen LogP contribution in [-0.4, -0.2) is 31.0 Å². The molecule has 0 aliphatic heterocycles. The molecule has 13 heavy (non-hydrogen) atoms. The van der Waals surface area contributed by atoms with Crippen molar-refractivity contribution in [2.45, 2.75) is 45.0 Å². The lowest BCUT2D eigenvalue weighted by atomic mass is 10.1. The summed E-state index contributed by atoms with van der Waals surface area (Å²) >= 11 is 0. The van der Waals surface area contributed by atoms with Crippen LogP contribution in [0, 0.1) is 11.5 Å². The van der Waals surface area contributed by atoms with Crippen LogP contribution < -0.4 is 0 Å². The fourth-order valence-electron chi connectivity index (χ4n) is 0.860. The Labute approximate surface area is 82.0 Å². The number of rotatable bonds is 4. The lowest BCUT2D eigenvalue weighted by molar-refractivity contribution is 0.126. The molecule has 0 saturated carbocycles. The summed E-state index contributed by atoms with van der Waals surface area (Å²) in [5, 5.41) is 17.8. The summed E-state index contributed by atoms with van der Waals surface area (Å²) in [4.78, 5) is 0. The highest BCUT2D eigenvalue weighted by Gasteiger charge is 2.07. The lowest BCUT2D eigenvalue weighted by Crippen LogP contribution is -2.16. The second kappa shape index (κ2) is 6.20. The molecule has 0 aliphatic carbocycles. The average Bonchev–Trinajstić information content (AvgIpc) is 1.97.